The van der Waals surface area contributed by atoms with Gasteiger partial charge in [-0.05, 0) is 56.7 Å². The van der Waals surface area contributed by atoms with E-state index in [1.165, 1.54) is 0 Å². The zero-order valence-electron chi connectivity index (χ0n) is 14.1. The minimum atomic E-state index is 0.137. The number of carbonyl (C=O) groups is 1. The van der Waals surface area contributed by atoms with E-state index in [1.807, 2.05) is 32.0 Å². The summed E-state index contributed by atoms with van der Waals surface area (Å²) in [5, 5.41) is 3.00. The molecule has 0 spiro atoms. The lowest BCUT2D eigenvalue weighted by Crippen LogP contribution is -2.27. The molecular formula is C19H27NO3. The van der Waals surface area contributed by atoms with Gasteiger partial charge in [-0.25, -0.2) is 0 Å². The molecule has 0 saturated carbocycles. The smallest absolute Gasteiger partial charge is 0.220 e. The van der Waals surface area contributed by atoms with Crippen molar-refractivity contribution in [2.75, 3.05) is 19.8 Å². The molecule has 0 saturated heterocycles. The van der Waals surface area contributed by atoms with Crippen molar-refractivity contribution in [3.63, 3.8) is 0 Å². The molecule has 0 aliphatic heterocycles. The first-order valence-electron chi connectivity index (χ1n) is 8.54. The quantitative estimate of drug-likeness (QED) is 0.709. The lowest BCUT2D eigenvalue weighted by atomic mass is 10.0. The Bertz CT molecular complexity index is 539. The molecule has 1 aliphatic rings. The summed E-state index contributed by atoms with van der Waals surface area (Å²) >= 11 is 0. The molecule has 2 rings (SSSR count). The van der Waals surface area contributed by atoms with Crippen LogP contribution in [0.3, 0.4) is 0 Å². The van der Waals surface area contributed by atoms with Crippen molar-refractivity contribution in [2.24, 2.45) is 5.92 Å². The van der Waals surface area contributed by atoms with Crippen LogP contribution in [-0.4, -0.2) is 25.7 Å². The monoisotopic (exact) mass is 317 g/mol. The maximum absolute atomic E-state index is 11.9. The molecule has 1 unspecified atom stereocenters. The molecule has 4 nitrogen and oxygen atoms in total. The highest BCUT2D eigenvalue weighted by molar-refractivity contribution is 5.76. The number of hydrogen-bond acceptors (Lipinski definition) is 3. The number of allylic oxidation sites excluding steroid dienone is 2. The largest absolute Gasteiger partial charge is 0.490 e. The Kier molecular flexibility index (Phi) is 6.98. The summed E-state index contributed by atoms with van der Waals surface area (Å²) in [6.07, 6.45) is 7.91. The third kappa shape index (κ3) is 5.62. The predicted molar refractivity (Wildman–Crippen MR) is 92.0 cm³/mol. The predicted octanol–water partition coefficient (Wildman–Crippen LogP) is 3.50. The van der Waals surface area contributed by atoms with E-state index >= 15 is 0 Å². The van der Waals surface area contributed by atoms with Crippen LogP contribution in [0.4, 0.5) is 0 Å². The normalized spacial score (nSPS) is 16.3. The van der Waals surface area contributed by atoms with Crippen molar-refractivity contribution in [1.29, 1.82) is 0 Å². The van der Waals surface area contributed by atoms with Crippen molar-refractivity contribution in [1.82, 2.24) is 5.32 Å². The summed E-state index contributed by atoms with van der Waals surface area (Å²) in [6.45, 7) is 5.79. The molecule has 4 heteroatoms. The van der Waals surface area contributed by atoms with Gasteiger partial charge < -0.3 is 14.8 Å². The number of hydrogen-bond donors (Lipinski definition) is 1. The van der Waals surface area contributed by atoms with Crippen molar-refractivity contribution >= 4 is 5.91 Å². The van der Waals surface area contributed by atoms with Crippen LogP contribution in [0.25, 0.3) is 0 Å². The fourth-order valence-electron chi connectivity index (χ4n) is 2.77. The van der Waals surface area contributed by atoms with E-state index in [0.29, 0.717) is 32.1 Å². The Morgan fingerprint density at radius 3 is 2.70 bits per heavy atom. The molecule has 1 aliphatic carbocycles. The molecule has 1 aromatic carbocycles. The first kappa shape index (κ1) is 17.4. The van der Waals surface area contributed by atoms with Gasteiger partial charge in [0.15, 0.2) is 11.5 Å². The van der Waals surface area contributed by atoms with Crippen molar-refractivity contribution in [3.8, 4) is 11.5 Å². The van der Waals surface area contributed by atoms with Crippen molar-refractivity contribution in [3.05, 3.63) is 35.9 Å². The lowest BCUT2D eigenvalue weighted by Gasteiger charge is -2.13. The van der Waals surface area contributed by atoms with Gasteiger partial charge in [0.05, 0.1) is 13.2 Å². The van der Waals surface area contributed by atoms with Gasteiger partial charge in [-0.2, -0.15) is 0 Å². The molecule has 126 valence electrons. The molecular weight excluding hydrogens is 290 g/mol. The second-order valence-electron chi connectivity index (χ2n) is 5.72. The number of amides is 1. The van der Waals surface area contributed by atoms with Crippen LogP contribution in [0, 0.1) is 5.92 Å². The molecule has 0 aromatic heterocycles. The van der Waals surface area contributed by atoms with Crippen LogP contribution in [0.2, 0.25) is 0 Å². The minimum Gasteiger partial charge on any atom is -0.490 e. The molecule has 1 N–H and O–H groups in total. The average molecular weight is 317 g/mol. The topological polar surface area (TPSA) is 47.6 Å². The van der Waals surface area contributed by atoms with E-state index in [4.69, 9.17) is 9.47 Å². The summed E-state index contributed by atoms with van der Waals surface area (Å²) < 4.78 is 11.2. The highest BCUT2D eigenvalue weighted by Crippen LogP contribution is 2.28. The molecule has 0 radical (unpaired) electrons. The zero-order valence-corrected chi connectivity index (χ0v) is 14.1. The molecule has 1 atom stereocenters. The third-order valence-electron chi connectivity index (χ3n) is 3.90. The maximum Gasteiger partial charge on any atom is 0.220 e. The molecule has 23 heavy (non-hydrogen) atoms. The Morgan fingerprint density at radius 2 is 2.00 bits per heavy atom. The van der Waals surface area contributed by atoms with Gasteiger partial charge in [0, 0.05) is 13.0 Å². The molecule has 1 aromatic rings. The van der Waals surface area contributed by atoms with Crippen LogP contribution in [0.5, 0.6) is 11.5 Å². The highest BCUT2D eigenvalue weighted by Gasteiger charge is 2.13. The number of carbonyl (C=O) groups excluding carboxylic acids is 1. The number of benzene rings is 1. The van der Waals surface area contributed by atoms with Gasteiger partial charge in [-0.15, -0.1) is 0 Å². The fraction of sp³-hybridized carbons (Fsp3) is 0.526. The molecule has 0 fully saturated rings. The maximum atomic E-state index is 11.9. The average Bonchev–Trinajstić information content (AvgIpc) is 3.03. The first-order valence-corrected chi connectivity index (χ1v) is 8.54. The lowest BCUT2D eigenvalue weighted by molar-refractivity contribution is -0.121. The fourth-order valence-corrected chi connectivity index (χ4v) is 2.77. The van der Waals surface area contributed by atoms with E-state index < -0.39 is 0 Å². The molecule has 0 bridgehead atoms. The Balaban J connectivity index is 1.81. The Labute approximate surface area is 138 Å². The van der Waals surface area contributed by atoms with Gasteiger partial charge in [0.25, 0.3) is 0 Å². The summed E-state index contributed by atoms with van der Waals surface area (Å²) in [4.78, 5) is 11.9. The van der Waals surface area contributed by atoms with Crippen LogP contribution in [-0.2, 0) is 11.2 Å². The summed E-state index contributed by atoms with van der Waals surface area (Å²) in [7, 11) is 0. The van der Waals surface area contributed by atoms with Crippen molar-refractivity contribution in [2.45, 2.75) is 39.5 Å². The minimum absolute atomic E-state index is 0.137. The van der Waals surface area contributed by atoms with E-state index in [0.717, 1.165) is 36.3 Å². The summed E-state index contributed by atoms with van der Waals surface area (Å²) in [5.74, 6) is 2.10. The highest BCUT2D eigenvalue weighted by atomic mass is 16.5. The van der Waals surface area contributed by atoms with Gasteiger partial charge in [-0.3, -0.25) is 4.79 Å². The van der Waals surface area contributed by atoms with Crippen LogP contribution in [0.1, 0.15) is 38.7 Å². The first-order chi connectivity index (χ1) is 11.2. The van der Waals surface area contributed by atoms with E-state index in [9.17, 15) is 4.79 Å². The zero-order chi connectivity index (χ0) is 16.5. The van der Waals surface area contributed by atoms with Gasteiger partial charge >= 0.3 is 0 Å². The Morgan fingerprint density at radius 1 is 1.22 bits per heavy atom. The van der Waals surface area contributed by atoms with E-state index in [-0.39, 0.29) is 5.91 Å². The second kappa shape index (κ2) is 9.23. The van der Waals surface area contributed by atoms with Gasteiger partial charge in [0.2, 0.25) is 5.91 Å². The van der Waals surface area contributed by atoms with Crippen LogP contribution in [0.15, 0.2) is 30.4 Å². The molecule has 1 amide bonds. The number of nitrogens with one attached hydrogen (secondary N) is 1. The Hall–Kier alpha value is -1.97. The summed E-state index contributed by atoms with van der Waals surface area (Å²) in [5.41, 5.74) is 1.14. The number of ether oxygens (including phenoxy) is 2. The standard InChI is InChI=1S/C19H27NO3/c1-3-22-17-10-9-16(13-18(17)23-4-2)11-12-20-19(21)14-15-7-5-6-8-15/h5,7,9-10,13,15H,3-4,6,8,11-12,14H2,1-2H3,(H,20,21). The van der Waals surface area contributed by atoms with E-state index in [2.05, 4.69) is 17.5 Å². The van der Waals surface area contributed by atoms with Gasteiger partial charge in [-0.1, -0.05) is 18.2 Å². The van der Waals surface area contributed by atoms with E-state index in [1.54, 1.807) is 0 Å². The molecule has 0 heterocycles. The summed E-state index contributed by atoms with van der Waals surface area (Å²) in [6, 6.07) is 5.97. The second-order valence-corrected chi connectivity index (χ2v) is 5.72. The number of rotatable bonds is 9. The third-order valence-corrected chi connectivity index (χ3v) is 3.90. The van der Waals surface area contributed by atoms with Crippen LogP contribution >= 0.6 is 0 Å². The SMILES string of the molecule is CCOc1ccc(CCNC(=O)CC2C=CCC2)cc1OCC. The van der Waals surface area contributed by atoms with Crippen LogP contribution < -0.4 is 14.8 Å². The van der Waals surface area contributed by atoms with Gasteiger partial charge in [0.1, 0.15) is 0 Å². The van der Waals surface area contributed by atoms with Crippen molar-refractivity contribution < 1.29 is 14.3 Å².